The number of hydrogen-bond acceptors (Lipinski definition) is 3. The maximum Gasteiger partial charge on any atom is 0.215 e. The normalized spacial score (nSPS) is 16.6. The number of rotatable bonds is 6. The predicted molar refractivity (Wildman–Crippen MR) is 85.0 cm³/mol. The summed E-state index contributed by atoms with van der Waals surface area (Å²) in [6.45, 7) is 0.286. The van der Waals surface area contributed by atoms with Crippen LogP contribution in [0, 0.1) is 5.92 Å². The summed E-state index contributed by atoms with van der Waals surface area (Å²) in [6.07, 6.45) is 2.19. The van der Waals surface area contributed by atoms with Crippen molar-refractivity contribution in [3.05, 3.63) is 33.8 Å². The van der Waals surface area contributed by atoms with Crippen molar-refractivity contribution in [1.82, 2.24) is 4.72 Å². The first-order valence-corrected chi connectivity index (χ1v) is 8.45. The third-order valence-electron chi connectivity index (χ3n) is 3.11. The van der Waals surface area contributed by atoms with Crippen LogP contribution in [-0.2, 0) is 15.8 Å². The number of halogens is 3. The van der Waals surface area contributed by atoms with Gasteiger partial charge < -0.3 is 5.73 Å². The monoisotopic (exact) mass is 358 g/mol. The number of benzene rings is 1. The van der Waals surface area contributed by atoms with Crippen LogP contribution >= 0.6 is 35.6 Å². The van der Waals surface area contributed by atoms with E-state index in [1.54, 1.807) is 18.2 Å². The molecule has 1 aliphatic rings. The predicted octanol–water partition coefficient (Wildman–Crippen LogP) is 2.57. The lowest BCUT2D eigenvalue weighted by atomic mass is 10.2. The molecule has 0 spiro atoms. The van der Waals surface area contributed by atoms with Gasteiger partial charge >= 0.3 is 0 Å². The van der Waals surface area contributed by atoms with Crippen LogP contribution in [0.15, 0.2) is 18.2 Å². The van der Waals surface area contributed by atoms with Gasteiger partial charge in [-0.25, -0.2) is 13.1 Å². The molecule has 0 saturated heterocycles. The number of hydrogen-bond donors (Lipinski definition) is 2. The highest BCUT2D eigenvalue weighted by Crippen LogP contribution is 2.31. The Morgan fingerprint density at radius 3 is 2.50 bits per heavy atom. The first-order valence-electron chi connectivity index (χ1n) is 6.04. The summed E-state index contributed by atoms with van der Waals surface area (Å²) in [7, 11) is -3.40. The Morgan fingerprint density at radius 1 is 1.30 bits per heavy atom. The van der Waals surface area contributed by atoms with Gasteiger partial charge in [0.2, 0.25) is 10.0 Å². The second-order valence-electron chi connectivity index (χ2n) is 4.86. The minimum Gasteiger partial charge on any atom is -0.326 e. The highest BCUT2D eigenvalue weighted by atomic mass is 35.5. The van der Waals surface area contributed by atoms with Crippen LogP contribution in [0.2, 0.25) is 10.0 Å². The van der Waals surface area contributed by atoms with Gasteiger partial charge in [0.15, 0.2) is 0 Å². The molecule has 1 saturated carbocycles. The molecule has 2 rings (SSSR count). The Labute approximate surface area is 135 Å². The third kappa shape index (κ3) is 5.39. The zero-order valence-electron chi connectivity index (χ0n) is 10.7. The van der Waals surface area contributed by atoms with Crippen LogP contribution in [0.5, 0.6) is 0 Å². The van der Waals surface area contributed by atoms with E-state index in [1.165, 1.54) is 0 Å². The summed E-state index contributed by atoms with van der Waals surface area (Å²) in [4.78, 5) is 0. The molecule has 0 aromatic heterocycles. The largest absolute Gasteiger partial charge is 0.326 e. The van der Waals surface area contributed by atoms with E-state index in [0.717, 1.165) is 12.8 Å². The smallest absolute Gasteiger partial charge is 0.215 e. The molecule has 1 atom stereocenters. The maximum absolute atomic E-state index is 11.9. The molecule has 1 aliphatic carbocycles. The summed E-state index contributed by atoms with van der Waals surface area (Å²) < 4.78 is 26.3. The quantitative estimate of drug-likeness (QED) is 0.820. The Balaban J connectivity index is 0.00000200. The Bertz CT molecular complexity index is 562. The Hall–Kier alpha value is -0.0400. The molecule has 1 fully saturated rings. The van der Waals surface area contributed by atoms with Crippen molar-refractivity contribution in [2.24, 2.45) is 11.7 Å². The number of nitrogens with two attached hydrogens (primary N) is 1. The fraction of sp³-hybridized carbons (Fsp3) is 0.500. The molecule has 0 radical (unpaired) electrons. The molecule has 8 heteroatoms. The van der Waals surface area contributed by atoms with Gasteiger partial charge in [-0.2, -0.15) is 0 Å². The molecule has 1 unspecified atom stereocenters. The summed E-state index contributed by atoms with van der Waals surface area (Å²) >= 11 is 11.6. The van der Waals surface area contributed by atoms with Crippen molar-refractivity contribution in [3.63, 3.8) is 0 Å². The van der Waals surface area contributed by atoms with Gasteiger partial charge in [-0.3, -0.25) is 0 Å². The van der Waals surface area contributed by atoms with Crippen molar-refractivity contribution in [1.29, 1.82) is 0 Å². The Kier molecular flexibility index (Phi) is 6.57. The van der Waals surface area contributed by atoms with Crippen LogP contribution in [0.1, 0.15) is 18.4 Å². The van der Waals surface area contributed by atoms with Gasteiger partial charge in [0.25, 0.3) is 0 Å². The van der Waals surface area contributed by atoms with E-state index in [9.17, 15) is 8.42 Å². The van der Waals surface area contributed by atoms with Crippen molar-refractivity contribution < 1.29 is 8.42 Å². The second-order valence-corrected chi connectivity index (χ2v) is 7.48. The van der Waals surface area contributed by atoms with Gasteiger partial charge in [0, 0.05) is 12.6 Å². The summed E-state index contributed by atoms with van der Waals surface area (Å²) in [5.74, 6) is 0.342. The van der Waals surface area contributed by atoms with E-state index < -0.39 is 10.0 Å². The maximum atomic E-state index is 11.9. The number of sulfonamides is 1. The molecule has 0 amide bonds. The second kappa shape index (κ2) is 7.29. The number of nitrogens with one attached hydrogen (secondary N) is 1. The summed E-state index contributed by atoms with van der Waals surface area (Å²) in [5.41, 5.74) is 6.46. The highest BCUT2D eigenvalue weighted by Gasteiger charge is 2.29. The fourth-order valence-corrected chi connectivity index (χ4v) is 3.30. The Morgan fingerprint density at radius 2 is 1.95 bits per heavy atom. The van der Waals surface area contributed by atoms with Crippen molar-refractivity contribution >= 4 is 45.6 Å². The molecule has 0 heterocycles. The average molecular weight is 360 g/mol. The first-order chi connectivity index (χ1) is 8.87. The minimum absolute atomic E-state index is 0. The van der Waals surface area contributed by atoms with Crippen molar-refractivity contribution in [3.8, 4) is 0 Å². The summed E-state index contributed by atoms with van der Waals surface area (Å²) in [6, 6.07) is 4.70. The van der Waals surface area contributed by atoms with Crippen LogP contribution in [0.3, 0.4) is 0 Å². The average Bonchev–Trinajstić information content (AvgIpc) is 3.15. The van der Waals surface area contributed by atoms with Gasteiger partial charge in [-0.15, -0.1) is 12.4 Å². The standard InChI is InChI=1S/C12H16Cl2N2O2S.ClH/c13-10-4-1-8(5-11(10)14)7-19(17,18)16-6-12(15)9-2-3-9;/h1,4-5,9,12,16H,2-3,6-7,15H2;1H. The van der Waals surface area contributed by atoms with Gasteiger partial charge in [-0.1, -0.05) is 29.3 Å². The first kappa shape index (κ1) is 18.0. The molecule has 114 valence electrons. The molecule has 1 aromatic carbocycles. The van der Waals surface area contributed by atoms with Crippen LogP contribution in [0.4, 0.5) is 0 Å². The molecule has 4 nitrogen and oxygen atoms in total. The van der Waals surface area contributed by atoms with E-state index in [0.29, 0.717) is 21.5 Å². The molecular formula is C12H17Cl3N2O2S. The van der Waals surface area contributed by atoms with Crippen LogP contribution in [0.25, 0.3) is 0 Å². The van der Waals surface area contributed by atoms with Gasteiger partial charge in [0.05, 0.1) is 15.8 Å². The SMILES string of the molecule is Cl.NC(CNS(=O)(=O)Cc1ccc(Cl)c(Cl)c1)C1CC1. The van der Waals surface area contributed by atoms with Gasteiger partial charge in [-0.05, 0) is 36.5 Å². The third-order valence-corrected chi connectivity index (χ3v) is 5.17. The molecule has 20 heavy (non-hydrogen) atoms. The van der Waals surface area contributed by atoms with Gasteiger partial charge in [0.1, 0.15) is 0 Å². The molecular weight excluding hydrogens is 343 g/mol. The lowest BCUT2D eigenvalue weighted by Crippen LogP contribution is -2.39. The van der Waals surface area contributed by atoms with E-state index in [1.807, 2.05) is 0 Å². The van der Waals surface area contributed by atoms with Crippen molar-refractivity contribution in [2.75, 3.05) is 6.54 Å². The minimum atomic E-state index is -3.40. The molecule has 0 aliphatic heterocycles. The van der Waals surface area contributed by atoms with Crippen LogP contribution < -0.4 is 10.5 Å². The molecule has 3 N–H and O–H groups in total. The lowest BCUT2D eigenvalue weighted by Gasteiger charge is -2.12. The fourth-order valence-electron chi connectivity index (χ4n) is 1.81. The lowest BCUT2D eigenvalue weighted by molar-refractivity contribution is 0.547. The zero-order chi connectivity index (χ0) is 14.0. The van der Waals surface area contributed by atoms with E-state index in [-0.39, 0.29) is 30.7 Å². The molecule has 1 aromatic rings. The van der Waals surface area contributed by atoms with Crippen molar-refractivity contribution in [2.45, 2.75) is 24.6 Å². The van der Waals surface area contributed by atoms with E-state index in [4.69, 9.17) is 28.9 Å². The zero-order valence-corrected chi connectivity index (χ0v) is 13.8. The summed E-state index contributed by atoms with van der Waals surface area (Å²) in [5, 5.41) is 0.760. The van der Waals surface area contributed by atoms with E-state index >= 15 is 0 Å². The van der Waals surface area contributed by atoms with E-state index in [2.05, 4.69) is 4.72 Å². The van der Waals surface area contributed by atoms with Crippen LogP contribution in [-0.4, -0.2) is 21.0 Å². The highest BCUT2D eigenvalue weighted by molar-refractivity contribution is 7.88. The molecule has 0 bridgehead atoms. The topological polar surface area (TPSA) is 72.2 Å².